The number of aromatic nitrogens is 2. The zero-order valence-corrected chi connectivity index (χ0v) is 31.7. The van der Waals surface area contributed by atoms with Crippen molar-refractivity contribution in [2.45, 2.75) is 0 Å². The van der Waals surface area contributed by atoms with Crippen molar-refractivity contribution in [1.82, 2.24) is 9.97 Å². The summed E-state index contributed by atoms with van der Waals surface area (Å²) in [6.45, 7) is 0. The molecule has 260 valence electrons. The molecule has 0 aliphatic carbocycles. The van der Waals surface area contributed by atoms with Gasteiger partial charge in [-0.2, -0.15) is 0 Å². The lowest BCUT2D eigenvalue weighted by atomic mass is 9.90. The van der Waals surface area contributed by atoms with Gasteiger partial charge in [0.25, 0.3) is 0 Å². The number of fused-ring (bicyclic) bond motifs is 12. The monoisotopic (exact) mass is 746 g/mol. The Morgan fingerprint density at radius 1 is 0.250 bits per heavy atom. The van der Waals surface area contributed by atoms with Crippen molar-refractivity contribution in [3.05, 3.63) is 183 Å². The Balaban J connectivity index is 1.09. The van der Waals surface area contributed by atoms with Crippen LogP contribution < -0.4 is 0 Å². The van der Waals surface area contributed by atoms with Crippen LogP contribution in [-0.4, -0.2) is 9.97 Å². The van der Waals surface area contributed by atoms with Gasteiger partial charge in [-0.1, -0.05) is 121 Å². The van der Waals surface area contributed by atoms with E-state index in [4.69, 9.17) is 0 Å². The normalized spacial score (nSPS) is 11.9. The average molecular weight is 747 g/mol. The van der Waals surface area contributed by atoms with Gasteiger partial charge in [-0.25, -0.2) is 0 Å². The largest absolute Gasteiger partial charge is 0.265 e. The van der Waals surface area contributed by atoms with Crippen LogP contribution in [-0.2, 0) is 0 Å². The zero-order chi connectivity index (χ0) is 36.7. The minimum atomic E-state index is 1.19. The summed E-state index contributed by atoms with van der Waals surface area (Å²) in [4.78, 5) is 8.55. The van der Waals surface area contributed by atoms with Crippen LogP contribution in [0.25, 0.3) is 117 Å². The molecule has 0 saturated heterocycles. The third-order valence-electron chi connectivity index (χ3n) is 11.5. The van der Waals surface area contributed by atoms with Crippen LogP contribution in [0.1, 0.15) is 0 Å². The number of benzene rings is 8. The molecule has 0 aliphatic heterocycles. The number of hydrogen-bond acceptors (Lipinski definition) is 4. The van der Waals surface area contributed by atoms with Gasteiger partial charge in [-0.05, 0) is 113 Å². The van der Waals surface area contributed by atoms with E-state index >= 15 is 0 Å². The Hall–Kier alpha value is -6.72. The SMILES string of the molecule is c1cc(-c2ccncc2)c2sc3c(-c4ccc5c6ccccc6c6ccc(-c7cccc8c7sc7c(-c9ccncc9)cccc78)cc6c5c4)cccc3c2c1. The smallest absolute Gasteiger partial charge is 0.0434 e. The van der Waals surface area contributed by atoms with Crippen LogP contribution in [0.2, 0.25) is 0 Å². The number of rotatable bonds is 4. The van der Waals surface area contributed by atoms with Gasteiger partial charge in [0.15, 0.2) is 0 Å². The predicted molar refractivity (Wildman–Crippen MR) is 242 cm³/mol. The lowest BCUT2D eigenvalue weighted by molar-refractivity contribution is 1.33. The van der Waals surface area contributed by atoms with Gasteiger partial charge >= 0.3 is 0 Å². The van der Waals surface area contributed by atoms with Crippen LogP contribution in [0.5, 0.6) is 0 Å². The van der Waals surface area contributed by atoms with Crippen molar-refractivity contribution in [2.24, 2.45) is 0 Å². The molecule has 12 aromatic rings. The highest BCUT2D eigenvalue weighted by Crippen LogP contribution is 2.47. The molecule has 4 heterocycles. The van der Waals surface area contributed by atoms with Crippen LogP contribution in [0.15, 0.2) is 183 Å². The third-order valence-corrected chi connectivity index (χ3v) is 14.1. The minimum absolute atomic E-state index is 1.19. The average Bonchev–Trinajstić information content (AvgIpc) is 3.86. The molecule has 0 atom stereocenters. The summed E-state index contributed by atoms with van der Waals surface area (Å²) in [5.41, 5.74) is 9.89. The van der Waals surface area contributed by atoms with E-state index in [1.54, 1.807) is 0 Å². The molecular formula is C52H30N2S2. The maximum absolute atomic E-state index is 4.27. The first-order valence-corrected chi connectivity index (χ1v) is 20.5. The fourth-order valence-electron chi connectivity index (χ4n) is 8.90. The summed E-state index contributed by atoms with van der Waals surface area (Å²) in [6.07, 6.45) is 7.52. The van der Waals surface area contributed by atoms with Gasteiger partial charge in [-0.15, -0.1) is 22.7 Å². The number of thiophene rings is 2. The van der Waals surface area contributed by atoms with Crippen molar-refractivity contribution in [1.29, 1.82) is 0 Å². The van der Waals surface area contributed by atoms with Gasteiger partial charge in [0, 0.05) is 65.1 Å². The molecule has 56 heavy (non-hydrogen) atoms. The van der Waals surface area contributed by atoms with Gasteiger partial charge in [0.05, 0.1) is 0 Å². The van der Waals surface area contributed by atoms with Gasteiger partial charge < -0.3 is 0 Å². The van der Waals surface area contributed by atoms with E-state index in [1.165, 1.54) is 117 Å². The Bertz CT molecular complexity index is 3290. The first-order valence-electron chi connectivity index (χ1n) is 18.9. The molecule has 0 radical (unpaired) electrons. The quantitative estimate of drug-likeness (QED) is 0.168. The van der Waals surface area contributed by atoms with Crippen molar-refractivity contribution in [3.8, 4) is 44.5 Å². The third kappa shape index (κ3) is 4.73. The van der Waals surface area contributed by atoms with Crippen LogP contribution in [0.3, 0.4) is 0 Å². The van der Waals surface area contributed by atoms with Crippen LogP contribution in [0, 0.1) is 0 Å². The van der Waals surface area contributed by atoms with E-state index in [9.17, 15) is 0 Å². The Morgan fingerprint density at radius 3 is 0.946 bits per heavy atom. The zero-order valence-electron chi connectivity index (χ0n) is 30.0. The molecule has 0 unspecified atom stereocenters. The first-order chi connectivity index (χ1) is 27.8. The Labute approximate surface area is 330 Å². The van der Waals surface area contributed by atoms with Crippen molar-refractivity contribution < 1.29 is 0 Å². The predicted octanol–water partition coefficient (Wildman–Crippen LogP) is 15.3. The minimum Gasteiger partial charge on any atom is -0.265 e. The summed E-state index contributed by atoms with van der Waals surface area (Å²) in [5, 5.41) is 12.9. The van der Waals surface area contributed by atoms with Crippen LogP contribution >= 0.6 is 22.7 Å². The maximum Gasteiger partial charge on any atom is 0.0434 e. The summed E-state index contributed by atoms with van der Waals surface area (Å²) in [5.74, 6) is 0. The molecule has 0 aliphatic rings. The second kappa shape index (κ2) is 12.4. The second-order valence-electron chi connectivity index (χ2n) is 14.5. The van der Waals surface area contributed by atoms with E-state index < -0.39 is 0 Å². The van der Waals surface area contributed by atoms with Crippen molar-refractivity contribution >= 4 is 95.3 Å². The number of pyridine rings is 2. The fraction of sp³-hybridized carbons (Fsp3) is 0. The van der Waals surface area contributed by atoms with E-state index in [0.29, 0.717) is 0 Å². The molecule has 0 amide bonds. The van der Waals surface area contributed by atoms with E-state index in [-0.39, 0.29) is 0 Å². The van der Waals surface area contributed by atoms with E-state index in [2.05, 4.69) is 168 Å². The summed E-state index contributed by atoms with van der Waals surface area (Å²) in [7, 11) is 0. The molecule has 2 nitrogen and oxygen atoms in total. The summed E-state index contributed by atoms with van der Waals surface area (Å²) in [6, 6.07) is 58.5. The summed E-state index contributed by atoms with van der Waals surface area (Å²) >= 11 is 3.79. The van der Waals surface area contributed by atoms with Gasteiger partial charge in [-0.3, -0.25) is 9.97 Å². The molecule has 0 saturated carbocycles. The molecule has 4 aromatic heterocycles. The molecule has 0 fully saturated rings. The highest BCUT2D eigenvalue weighted by molar-refractivity contribution is 7.27. The van der Waals surface area contributed by atoms with Gasteiger partial charge in [0.2, 0.25) is 0 Å². The molecule has 0 bridgehead atoms. The lowest BCUT2D eigenvalue weighted by Gasteiger charge is -2.14. The van der Waals surface area contributed by atoms with Crippen molar-refractivity contribution in [3.63, 3.8) is 0 Å². The van der Waals surface area contributed by atoms with E-state index in [0.717, 1.165) is 0 Å². The molecule has 12 rings (SSSR count). The summed E-state index contributed by atoms with van der Waals surface area (Å²) < 4.78 is 5.26. The Morgan fingerprint density at radius 2 is 0.571 bits per heavy atom. The van der Waals surface area contributed by atoms with Crippen molar-refractivity contribution in [2.75, 3.05) is 0 Å². The second-order valence-corrected chi connectivity index (χ2v) is 16.5. The maximum atomic E-state index is 4.27. The van der Waals surface area contributed by atoms with E-state index in [1.807, 2.05) is 47.5 Å². The molecule has 0 N–H and O–H groups in total. The lowest BCUT2D eigenvalue weighted by Crippen LogP contribution is -1.87. The molecule has 8 aromatic carbocycles. The highest BCUT2D eigenvalue weighted by Gasteiger charge is 2.18. The number of hydrogen-bond donors (Lipinski definition) is 0. The highest BCUT2D eigenvalue weighted by atomic mass is 32.1. The fourth-order valence-corrected chi connectivity index (χ4v) is 11.6. The standard InChI is InChI=1S/C52H30N2S2/c1-2-8-40-39(7-1)41-19-17-33(37-11-5-15-45-43-13-3-9-35(49(43)55-51(37)45)31-21-25-53-26-22-31)29-47(41)48-30-34(18-20-42(40)48)38-12-6-16-46-44-14-4-10-36(50(44)56-52(38)46)32-23-27-54-28-24-32/h1-30H. The Kier molecular flexibility index (Phi) is 7.00. The molecule has 4 heteroatoms. The topological polar surface area (TPSA) is 25.8 Å². The molecule has 0 spiro atoms. The van der Waals surface area contributed by atoms with Gasteiger partial charge in [0.1, 0.15) is 0 Å². The number of nitrogens with zero attached hydrogens (tertiary/aromatic N) is 2. The molecular weight excluding hydrogens is 717 g/mol. The van der Waals surface area contributed by atoms with Crippen LogP contribution in [0.4, 0.5) is 0 Å². The first kappa shape index (κ1) is 31.6.